The van der Waals surface area contributed by atoms with Crippen molar-refractivity contribution in [2.75, 3.05) is 0 Å². The van der Waals surface area contributed by atoms with Crippen LogP contribution < -0.4 is 0 Å². The highest BCUT2D eigenvalue weighted by atomic mass is 35.5. The molecular weight excluding hydrogens is 457 g/mol. The molecule has 0 unspecified atom stereocenters. The molecule has 31 heavy (non-hydrogen) atoms. The molecule has 156 valence electrons. The Bertz CT molecular complexity index is 1210. The smallest absolute Gasteiger partial charge is 0.267 e. The number of carbonyl (C=O) groups is 1. The molecule has 0 aliphatic carbocycles. The van der Waals surface area contributed by atoms with Crippen molar-refractivity contribution < 1.29 is 14.3 Å². The van der Waals surface area contributed by atoms with E-state index < -0.39 is 0 Å². The Morgan fingerprint density at radius 1 is 1.06 bits per heavy atom. The third kappa shape index (κ3) is 4.85. The summed E-state index contributed by atoms with van der Waals surface area (Å²) in [7, 11) is 0. The molecule has 0 spiro atoms. The first-order chi connectivity index (χ1) is 15.0. The summed E-state index contributed by atoms with van der Waals surface area (Å²) in [6, 6.07) is 15.5. The van der Waals surface area contributed by atoms with Gasteiger partial charge in [-0.05, 0) is 53.7 Å². The zero-order valence-corrected chi connectivity index (χ0v) is 18.2. The quantitative estimate of drug-likeness (QED) is 0.289. The van der Waals surface area contributed by atoms with Crippen LogP contribution in [-0.2, 0) is 11.3 Å². The van der Waals surface area contributed by atoms with Crippen LogP contribution in [-0.4, -0.2) is 27.3 Å². The van der Waals surface area contributed by atoms with Crippen LogP contribution in [0.2, 0.25) is 10.0 Å². The number of amidine groups is 1. The van der Waals surface area contributed by atoms with E-state index in [-0.39, 0.29) is 18.2 Å². The Morgan fingerprint density at radius 3 is 2.65 bits per heavy atom. The Kier molecular flexibility index (Phi) is 6.46. The van der Waals surface area contributed by atoms with E-state index in [0.717, 1.165) is 0 Å². The highest BCUT2D eigenvalue weighted by Crippen LogP contribution is 2.36. The number of rotatable bonds is 5. The van der Waals surface area contributed by atoms with Gasteiger partial charge in [0.25, 0.3) is 5.91 Å². The first-order valence-electron chi connectivity index (χ1n) is 9.10. The molecule has 4 rings (SSSR count). The number of carbonyl (C=O) groups excluding carboxylic acids is 1. The van der Waals surface area contributed by atoms with Crippen LogP contribution in [0.5, 0.6) is 5.75 Å². The minimum atomic E-state index is -0.256. The van der Waals surface area contributed by atoms with Gasteiger partial charge in [-0.2, -0.15) is 5.10 Å². The maximum Gasteiger partial charge on any atom is 0.267 e. The molecule has 1 fully saturated rings. The van der Waals surface area contributed by atoms with E-state index in [1.54, 1.807) is 66.9 Å². The molecule has 0 radical (unpaired) electrons. The lowest BCUT2D eigenvalue weighted by Crippen LogP contribution is -2.28. The van der Waals surface area contributed by atoms with Gasteiger partial charge in [-0.1, -0.05) is 47.5 Å². The fourth-order valence-corrected chi connectivity index (χ4v) is 4.08. The Hall–Kier alpha value is -3.00. The monoisotopic (exact) mass is 471 g/mol. The third-order valence-electron chi connectivity index (χ3n) is 4.33. The lowest BCUT2D eigenvalue weighted by atomic mass is 10.2. The second-order valence-corrected chi connectivity index (χ2v) is 8.20. The maximum absolute atomic E-state index is 13.1. The lowest BCUT2D eigenvalue weighted by molar-refractivity contribution is -0.122. The molecule has 2 heterocycles. The van der Waals surface area contributed by atoms with E-state index in [1.807, 2.05) is 0 Å². The standard InChI is InChI=1S/C22H15Cl2N3O3S/c23-17-8-3-6-14(20(17)24)11-19-21(29)27(13-16-7-4-10-30-16)22(31-19)26-25-12-15-5-1-2-9-18(15)28/h1-12,28H,13H2/b19-11-,25-12-,26-22+. The van der Waals surface area contributed by atoms with Crippen molar-refractivity contribution in [1.29, 1.82) is 0 Å². The highest BCUT2D eigenvalue weighted by molar-refractivity contribution is 8.18. The van der Waals surface area contributed by atoms with Gasteiger partial charge in [-0.25, -0.2) is 0 Å². The summed E-state index contributed by atoms with van der Waals surface area (Å²) >= 11 is 13.5. The summed E-state index contributed by atoms with van der Waals surface area (Å²) in [5.74, 6) is 0.438. The zero-order chi connectivity index (χ0) is 21.8. The molecule has 3 aromatic rings. The molecule has 0 bridgehead atoms. The van der Waals surface area contributed by atoms with E-state index in [2.05, 4.69) is 10.2 Å². The van der Waals surface area contributed by atoms with Crippen molar-refractivity contribution in [3.8, 4) is 5.75 Å². The molecule has 1 aromatic heterocycles. The predicted molar refractivity (Wildman–Crippen MR) is 124 cm³/mol. The second-order valence-electron chi connectivity index (χ2n) is 6.41. The number of thioether (sulfide) groups is 1. The van der Waals surface area contributed by atoms with Gasteiger partial charge in [0.05, 0.1) is 34.0 Å². The summed E-state index contributed by atoms with van der Waals surface area (Å²) in [5, 5.41) is 19.3. The van der Waals surface area contributed by atoms with Crippen LogP contribution in [0.3, 0.4) is 0 Å². The minimum absolute atomic E-state index is 0.0882. The molecule has 1 saturated heterocycles. The van der Waals surface area contributed by atoms with E-state index in [0.29, 0.717) is 37.0 Å². The molecule has 1 N–H and O–H groups in total. The largest absolute Gasteiger partial charge is 0.507 e. The van der Waals surface area contributed by atoms with Crippen LogP contribution in [0.15, 0.2) is 80.4 Å². The van der Waals surface area contributed by atoms with Crippen molar-refractivity contribution in [3.63, 3.8) is 0 Å². The lowest BCUT2D eigenvalue weighted by Gasteiger charge is -2.12. The summed E-state index contributed by atoms with van der Waals surface area (Å²) < 4.78 is 5.38. The number of amides is 1. The van der Waals surface area contributed by atoms with Crippen molar-refractivity contribution in [3.05, 3.63) is 92.7 Å². The fourth-order valence-electron chi connectivity index (χ4n) is 2.79. The number of phenolic OH excluding ortho intramolecular Hbond substituents is 1. The Morgan fingerprint density at radius 2 is 1.87 bits per heavy atom. The van der Waals surface area contributed by atoms with Gasteiger partial charge in [-0.15, -0.1) is 5.10 Å². The summed E-state index contributed by atoms with van der Waals surface area (Å²) in [6.45, 7) is 0.199. The van der Waals surface area contributed by atoms with Gasteiger partial charge in [0.15, 0.2) is 5.17 Å². The number of nitrogens with zero attached hydrogens (tertiary/aromatic N) is 3. The molecule has 6 nitrogen and oxygen atoms in total. The molecule has 1 aliphatic rings. The van der Waals surface area contributed by atoms with Crippen molar-refractivity contribution in [2.24, 2.45) is 10.2 Å². The van der Waals surface area contributed by atoms with Crippen LogP contribution in [0, 0.1) is 0 Å². The van der Waals surface area contributed by atoms with Gasteiger partial charge < -0.3 is 9.52 Å². The topological polar surface area (TPSA) is 78.4 Å². The van der Waals surface area contributed by atoms with Crippen LogP contribution in [0.4, 0.5) is 0 Å². The summed E-state index contributed by atoms with van der Waals surface area (Å²) in [5.41, 5.74) is 1.14. The van der Waals surface area contributed by atoms with Gasteiger partial charge in [0, 0.05) is 5.56 Å². The van der Waals surface area contributed by atoms with E-state index >= 15 is 0 Å². The molecule has 2 aromatic carbocycles. The van der Waals surface area contributed by atoms with Gasteiger partial charge >= 0.3 is 0 Å². The van der Waals surface area contributed by atoms with Crippen molar-refractivity contribution in [2.45, 2.75) is 6.54 Å². The molecule has 1 aliphatic heterocycles. The van der Waals surface area contributed by atoms with Gasteiger partial charge in [-0.3, -0.25) is 9.69 Å². The highest BCUT2D eigenvalue weighted by Gasteiger charge is 2.34. The maximum atomic E-state index is 13.1. The first-order valence-corrected chi connectivity index (χ1v) is 10.7. The molecular formula is C22H15Cl2N3O3S. The molecule has 0 saturated carbocycles. The van der Waals surface area contributed by atoms with Crippen LogP contribution in [0.25, 0.3) is 6.08 Å². The molecule has 9 heteroatoms. The first kappa shape index (κ1) is 21.2. The minimum Gasteiger partial charge on any atom is -0.507 e. The number of phenols is 1. The average Bonchev–Trinajstić information content (AvgIpc) is 3.37. The predicted octanol–water partition coefficient (Wildman–Crippen LogP) is 5.80. The SMILES string of the molecule is O=C1/C(=C/c2cccc(Cl)c2Cl)S/C(=N/N=C\c2ccccc2O)N1Cc1ccco1. The Balaban J connectivity index is 1.66. The number of furan rings is 1. The van der Waals surface area contributed by atoms with E-state index in [1.165, 1.54) is 22.9 Å². The number of hydrogen-bond donors (Lipinski definition) is 1. The fraction of sp³-hybridized carbons (Fsp3) is 0.0455. The second kappa shape index (κ2) is 9.43. The van der Waals surface area contributed by atoms with Gasteiger partial charge in [0.2, 0.25) is 0 Å². The number of halogens is 2. The Labute approximate surface area is 192 Å². The van der Waals surface area contributed by atoms with Crippen molar-refractivity contribution >= 4 is 58.3 Å². The zero-order valence-electron chi connectivity index (χ0n) is 15.9. The number of para-hydroxylation sites is 1. The van der Waals surface area contributed by atoms with E-state index in [9.17, 15) is 9.90 Å². The number of aromatic hydroxyl groups is 1. The van der Waals surface area contributed by atoms with Crippen LogP contribution >= 0.6 is 35.0 Å². The number of benzene rings is 2. The average molecular weight is 472 g/mol. The van der Waals surface area contributed by atoms with Crippen molar-refractivity contribution in [1.82, 2.24) is 4.90 Å². The molecule has 1 amide bonds. The molecule has 0 atom stereocenters. The normalized spacial score (nSPS) is 16.8. The summed E-state index contributed by atoms with van der Waals surface area (Å²) in [4.78, 5) is 15.0. The van der Waals surface area contributed by atoms with Crippen LogP contribution in [0.1, 0.15) is 16.9 Å². The third-order valence-corrected chi connectivity index (χ3v) is 6.16. The van der Waals surface area contributed by atoms with E-state index in [4.69, 9.17) is 27.6 Å². The number of hydrogen-bond acceptors (Lipinski definition) is 6. The summed E-state index contributed by atoms with van der Waals surface area (Å²) in [6.07, 6.45) is 4.64. The van der Waals surface area contributed by atoms with Gasteiger partial charge in [0.1, 0.15) is 11.5 Å².